The molecule has 0 aliphatic heterocycles. The van der Waals surface area contributed by atoms with Gasteiger partial charge in [0.05, 0.1) is 35.6 Å². The molecule has 5 rings (SSSR count). The Hall–Kier alpha value is -2.78. The molecule has 1 N–H and O–H groups in total. The molecule has 9 heteroatoms. The van der Waals surface area contributed by atoms with E-state index in [0.29, 0.717) is 19.3 Å². The average Bonchev–Trinajstić information content (AvgIpc) is 3.43. The Morgan fingerprint density at radius 1 is 1.24 bits per heavy atom. The molecular weight excluding hydrogens is 443 g/mol. The van der Waals surface area contributed by atoms with Crippen LogP contribution in [0.5, 0.6) is 0 Å². The summed E-state index contributed by atoms with van der Waals surface area (Å²) in [6.45, 7) is 1.73. The van der Waals surface area contributed by atoms with Gasteiger partial charge in [-0.2, -0.15) is 10.2 Å². The highest BCUT2D eigenvalue weighted by molar-refractivity contribution is 7.92. The molecule has 3 atom stereocenters. The molecule has 1 fully saturated rings. The Balaban J connectivity index is 1.45. The zero-order valence-electron chi connectivity index (χ0n) is 18.6. The molecule has 0 unspecified atom stereocenters. The van der Waals surface area contributed by atoms with Gasteiger partial charge in [-0.05, 0) is 74.4 Å². The van der Waals surface area contributed by atoms with Gasteiger partial charge in [-0.3, -0.25) is 4.68 Å². The quantitative estimate of drug-likeness (QED) is 0.618. The molecule has 1 aromatic carbocycles. The van der Waals surface area contributed by atoms with E-state index in [1.54, 1.807) is 43.2 Å². The van der Waals surface area contributed by atoms with Gasteiger partial charge in [0.15, 0.2) is 9.84 Å². The minimum Gasteiger partial charge on any atom is -0.395 e. The molecule has 2 aromatic heterocycles. The highest BCUT2D eigenvalue weighted by Gasteiger charge is 2.46. The fraction of sp³-hybridized carbons (Fsp3) is 0.417. The molecule has 2 aliphatic carbocycles. The smallest absolute Gasteiger partial charge is 0.184 e. The van der Waals surface area contributed by atoms with E-state index in [-0.39, 0.29) is 23.2 Å². The topological polar surface area (TPSA) is 90.0 Å². The first kappa shape index (κ1) is 22.0. The number of rotatable bonds is 5. The number of nitrogens with zero attached hydrogens (tertiary/aromatic N) is 4. The van der Waals surface area contributed by atoms with Crippen LogP contribution in [0.1, 0.15) is 37.4 Å². The lowest BCUT2D eigenvalue weighted by Gasteiger charge is -2.45. The van der Waals surface area contributed by atoms with E-state index in [0.717, 1.165) is 28.9 Å². The molecule has 0 saturated heterocycles. The summed E-state index contributed by atoms with van der Waals surface area (Å²) in [5, 5.41) is 18.5. The van der Waals surface area contributed by atoms with Gasteiger partial charge in [-0.1, -0.05) is 5.57 Å². The molecule has 0 spiro atoms. The third-order valence-corrected chi connectivity index (χ3v) is 9.61. The van der Waals surface area contributed by atoms with Crippen molar-refractivity contribution < 1.29 is 17.9 Å². The highest BCUT2D eigenvalue weighted by atomic mass is 32.2. The van der Waals surface area contributed by atoms with Gasteiger partial charge in [-0.25, -0.2) is 17.5 Å². The van der Waals surface area contributed by atoms with Crippen LogP contribution < -0.4 is 0 Å². The standard InChI is InChI=1S/C24H27FN4O3S/c1-16(33(31,32)22-13-26-28(2)14-22)17-3-4-19-9-23-18(11-24(19,10-17)15-30)12-27-29(23)21-7-5-20(25)6-8-21/h5-9,12-14,16-17,30H,3-4,10-11,15H2,1-2H3/t16-,17-,24-/m0/s1. The summed E-state index contributed by atoms with van der Waals surface area (Å²) in [4.78, 5) is 0.239. The van der Waals surface area contributed by atoms with Gasteiger partial charge in [0.1, 0.15) is 10.7 Å². The Kier molecular flexibility index (Phi) is 5.29. The number of halogens is 1. The normalized spacial score (nSPS) is 23.5. The summed E-state index contributed by atoms with van der Waals surface area (Å²) in [6, 6.07) is 6.20. The van der Waals surface area contributed by atoms with Crippen molar-refractivity contribution in [1.29, 1.82) is 0 Å². The lowest BCUT2D eigenvalue weighted by atomic mass is 9.61. The number of hydrogen-bond donors (Lipinski definition) is 1. The zero-order chi connectivity index (χ0) is 23.4. The highest BCUT2D eigenvalue weighted by Crippen LogP contribution is 2.51. The van der Waals surface area contributed by atoms with Crippen LogP contribution in [0.25, 0.3) is 11.8 Å². The summed E-state index contributed by atoms with van der Waals surface area (Å²) in [5.41, 5.74) is 3.35. The number of benzene rings is 1. The first-order valence-corrected chi connectivity index (χ1v) is 12.7. The van der Waals surface area contributed by atoms with Crippen LogP contribution in [0.4, 0.5) is 4.39 Å². The fourth-order valence-corrected chi connectivity index (χ4v) is 7.05. The lowest BCUT2D eigenvalue weighted by molar-refractivity contribution is 0.103. The monoisotopic (exact) mass is 470 g/mol. The van der Waals surface area contributed by atoms with Crippen molar-refractivity contribution >= 4 is 15.9 Å². The Morgan fingerprint density at radius 3 is 2.67 bits per heavy atom. The maximum Gasteiger partial charge on any atom is 0.184 e. The van der Waals surface area contributed by atoms with Crippen LogP contribution in [0, 0.1) is 17.2 Å². The Bertz CT molecular complexity index is 1330. The summed E-state index contributed by atoms with van der Waals surface area (Å²) in [7, 11) is -1.82. The van der Waals surface area contributed by atoms with Gasteiger partial charge >= 0.3 is 0 Å². The number of hydrogen-bond acceptors (Lipinski definition) is 5. The molecule has 0 bridgehead atoms. The number of aryl methyl sites for hydroxylation is 1. The van der Waals surface area contributed by atoms with Gasteiger partial charge in [-0.15, -0.1) is 0 Å². The van der Waals surface area contributed by atoms with Crippen molar-refractivity contribution in [1.82, 2.24) is 19.6 Å². The minimum atomic E-state index is -3.52. The van der Waals surface area contributed by atoms with Crippen molar-refractivity contribution in [2.75, 3.05) is 6.61 Å². The molecule has 1 saturated carbocycles. The van der Waals surface area contributed by atoms with E-state index >= 15 is 0 Å². The van der Waals surface area contributed by atoms with Crippen molar-refractivity contribution in [2.45, 2.75) is 42.8 Å². The number of sulfone groups is 1. The molecule has 0 amide bonds. The summed E-state index contributed by atoms with van der Waals surface area (Å²) in [6.07, 6.45) is 9.46. The van der Waals surface area contributed by atoms with Crippen molar-refractivity contribution in [2.24, 2.45) is 18.4 Å². The number of aromatic nitrogens is 4. The van der Waals surface area contributed by atoms with Crippen LogP contribution in [0.2, 0.25) is 0 Å². The van der Waals surface area contributed by atoms with E-state index in [1.165, 1.54) is 23.0 Å². The SMILES string of the molecule is C[C@@H]([C@H]1CCC2=Cc3c(cnn3-c3ccc(F)cc3)C[C@]2(CO)C1)S(=O)(=O)c1cnn(C)c1. The predicted octanol–water partition coefficient (Wildman–Crippen LogP) is 3.33. The molecule has 2 heterocycles. The molecule has 3 aromatic rings. The predicted molar refractivity (Wildman–Crippen MR) is 122 cm³/mol. The fourth-order valence-electron chi connectivity index (χ4n) is 5.39. The van der Waals surface area contributed by atoms with Gasteiger partial charge in [0, 0.05) is 18.7 Å². The van der Waals surface area contributed by atoms with Gasteiger partial charge in [0.2, 0.25) is 0 Å². The van der Waals surface area contributed by atoms with Crippen LogP contribution in [-0.4, -0.2) is 44.9 Å². The van der Waals surface area contributed by atoms with E-state index in [2.05, 4.69) is 16.3 Å². The van der Waals surface area contributed by atoms with Gasteiger partial charge < -0.3 is 5.11 Å². The van der Waals surface area contributed by atoms with Crippen molar-refractivity contribution in [3.05, 3.63) is 65.5 Å². The first-order chi connectivity index (χ1) is 15.7. The maximum atomic E-state index is 13.4. The molecule has 2 aliphatic rings. The second-order valence-electron chi connectivity index (χ2n) is 9.33. The molecular formula is C24H27FN4O3S. The first-order valence-electron chi connectivity index (χ1n) is 11.1. The number of aliphatic hydroxyl groups excluding tert-OH is 1. The third kappa shape index (κ3) is 3.63. The van der Waals surface area contributed by atoms with Crippen LogP contribution >= 0.6 is 0 Å². The van der Waals surface area contributed by atoms with E-state index in [9.17, 15) is 17.9 Å². The lowest BCUT2D eigenvalue weighted by Crippen LogP contribution is -2.42. The van der Waals surface area contributed by atoms with Crippen molar-refractivity contribution in [3.8, 4) is 5.69 Å². The van der Waals surface area contributed by atoms with Crippen LogP contribution in [-0.2, 0) is 23.3 Å². The van der Waals surface area contributed by atoms with Gasteiger partial charge in [0.25, 0.3) is 0 Å². The second-order valence-corrected chi connectivity index (χ2v) is 11.6. The number of aliphatic hydroxyl groups is 1. The molecule has 0 radical (unpaired) electrons. The summed E-state index contributed by atoms with van der Waals surface area (Å²) >= 11 is 0. The van der Waals surface area contributed by atoms with E-state index < -0.39 is 20.5 Å². The Labute approximate surface area is 192 Å². The second kappa shape index (κ2) is 7.92. The third-order valence-electron chi connectivity index (χ3n) is 7.38. The van der Waals surface area contributed by atoms with E-state index in [1.807, 2.05) is 0 Å². The zero-order valence-corrected chi connectivity index (χ0v) is 19.5. The molecule has 7 nitrogen and oxygen atoms in total. The minimum absolute atomic E-state index is 0.0455. The van der Waals surface area contributed by atoms with Crippen LogP contribution in [0.15, 0.2) is 53.3 Å². The summed E-state index contributed by atoms with van der Waals surface area (Å²) < 4.78 is 43.1. The van der Waals surface area contributed by atoms with Crippen molar-refractivity contribution in [3.63, 3.8) is 0 Å². The number of fused-ring (bicyclic) bond motifs is 2. The molecule has 33 heavy (non-hydrogen) atoms. The summed E-state index contributed by atoms with van der Waals surface area (Å²) in [5.74, 6) is -0.376. The Morgan fingerprint density at radius 2 is 2.00 bits per heavy atom. The largest absolute Gasteiger partial charge is 0.395 e. The average molecular weight is 471 g/mol. The maximum absolute atomic E-state index is 13.4. The van der Waals surface area contributed by atoms with Crippen LogP contribution in [0.3, 0.4) is 0 Å². The molecule has 174 valence electrons. The van der Waals surface area contributed by atoms with E-state index in [4.69, 9.17) is 0 Å².